The molecule has 1 aromatic carbocycles. The summed E-state index contributed by atoms with van der Waals surface area (Å²) in [5.41, 5.74) is 0.0639. The first-order valence-corrected chi connectivity index (χ1v) is 6.25. The molecule has 4 nitrogen and oxygen atoms in total. The van der Waals surface area contributed by atoms with Crippen LogP contribution < -0.4 is 5.32 Å². The summed E-state index contributed by atoms with van der Waals surface area (Å²) in [6, 6.07) is 7.41. The third-order valence-electron chi connectivity index (χ3n) is 3.28. The second-order valence-corrected chi connectivity index (χ2v) is 5.07. The Hall–Kier alpha value is -1.26. The van der Waals surface area contributed by atoms with Gasteiger partial charge in [-0.15, -0.1) is 0 Å². The minimum Gasteiger partial charge on any atom is -0.467 e. The van der Waals surface area contributed by atoms with Crippen molar-refractivity contribution in [3.05, 3.63) is 29.3 Å². The molecular weight excluding hydrogens is 252 g/mol. The molecule has 2 rings (SSSR count). The van der Waals surface area contributed by atoms with E-state index in [0.29, 0.717) is 18.0 Å². The summed E-state index contributed by atoms with van der Waals surface area (Å²) in [6.07, 6.45) is 0.710. The molecule has 98 valence electrons. The second kappa shape index (κ2) is 5.16. The predicted molar refractivity (Wildman–Crippen MR) is 71.9 cm³/mol. The normalized spacial score (nSPS) is 23.9. The van der Waals surface area contributed by atoms with Crippen molar-refractivity contribution in [1.29, 1.82) is 0 Å². The fourth-order valence-electron chi connectivity index (χ4n) is 2.34. The van der Waals surface area contributed by atoms with Crippen molar-refractivity contribution in [2.45, 2.75) is 12.0 Å². The number of esters is 1. The molecule has 1 saturated heterocycles. The van der Waals surface area contributed by atoms with E-state index in [4.69, 9.17) is 16.3 Å². The number of nitrogens with one attached hydrogen (secondary N) is 1. The number of halogens is 1. The van der Waals surface area contributed by atoms with E-state index in [1.165, 1.54) is 7.11 Å². The molecule has 0 aliphatic carbocycles. The van der Waals surface area contributed by atoms with Crippen LogP contribution in [0.15, 0.2) is 24.3 Å². The highest BCUT2D eigenvalue weighted by Gasteiger charge is 2.45. The second-order valence-electron chi connectivity index (χ2n) is 4.67. The average Bonchev–Trinajstić information content (AvgIpc) is 2.74. The lowest BCUT2D eigenvalue weighted by Gasteiger charge is -2.28. The van der Waals surface area contributed by atoms with Gasteiger partial charge in [-0.05, 0) is 25.6 Å². The van der Waals surface area contributed by atoms with Crippen LogP contribution in [-0.4, -0.2) is 43.7 Å². The number of hydrogen-bond donors (Lipinski definition) is 1. The molecule has 1 aromatic rings. The number of carbonyl (C=O) groups is 1. The molecule has 0 amide bonds. The maximum Gasteiger partial charge on any atom is 0.332 e. The number of likely N-dealkylation sites (N-methyl/N-ethyl adjacent to an activating group) is 1. The molecule has 1 atom stereocenters. The molecule has 1 unspecified atom stereocenters. The zero-order valence-corrected chi connectivity index (χ0v) is 11.3. The minimum atomic E-state index is -0.700. The van der Waals surface area contributed by atoms with Gasteiger partial charge in [-0.2, -0.15) is 0 Å². The molecule has 5 heteroatoms. The van der Waals surface area contributed by atoms with Crippen LogP contribution in [0.5, 0.6) is 0 Å². The number of carbonyl (C=O) groups excluding carboxylic acids is 1. The third kappa shape index (κ3) is 2.44. The summed E-state index contributed by atoms with van der Waals surface area (Å²) in [5.74, 6) is -0.244. The predicted octanol–water partition coefficient (Wildman–Crippen LogP) is 2.00. The van der Waals surface area contributed by atoms with Gasteiger partial charge in [-0.1, -0.05) is 23.7 Å². The van der Waals surface area contributed by atoms with Gasteiger partial charge in [-0.3, -0.25) is 0 Å². The Labute approximate surface area is 112 Å². The van der Waals surface area contributed by atoms with Crippen LogP contribution in [-0.2, 0) is 9.53 Å². The fraction of sp³-hybridized carbons (Fsp3) is 0.462. The summed E-state index contributed by atoms with van der Waals surface area (Å²) < 4.78 is 4.93. The summed E-state index contributed by atoms with van der Waals surface area (Å²) in [5, 5.41) is 3.86. The number of rotatable bonds is 3. The Morgan fingerprint density at radius 3 is 2.78 bits per heavy atom. The molecule has 0 spiro atoms. The highest BCUT2D eigenvalue weighted by molar-refractivity contribution is 6.33. The number of likely N-dealkylation sites (tertiary alicyclic amines) is 1. The molecule has 0 radical (unpaired) electrons. The van der Waals surface area contributed by atoms with Crippen molar-refractivity contribution in [3.63, 3.8) is 0 Å². The number of para-hydroxylation sites is 1. The fourth-order valence-corrected chi connectivity index (χ4v) is 2.52. The van der Waals surface area contributed by atoms with Crippen LogP contribution in [0.1, 0.15) is 6.42 Å². The number of methoxy groups -OCH3 is 1. The van der Waals surface area contributed by atoms with Gasteiger partial charge in [0.1, 0.15) is 5.54 Å². The summed E-state index contributed by atoms with van der Waals surface area (Å²) in [4.78, 5) is 14.1. The van der Waals surface area contributed by atoms with E-state index in [-0.39, 0.29) is 5.97 Å². The Balaban J connectivity index is 2.27. The smallest absolute Gasteiger partial charge is 0.332 e. The van der Waals surface area contributed by atoms with Crippen LogP contribution in [0.25, 0.3) is 0 Å². The van der Waals surface area contributed by atoms with Crippen molar-refractivity contribution in [1.82, 2.24) is 4.90 Å². The Morgan fingerprint density at radius 2 is 2.22 bits per heavy atom. The quantitative estimate of drug-likeness (QED) is 0.852. The minimum absolute atomic E-state index is 0.244. The first-order valence-electron chi connectivity index (χ1n) is 5.87. The summed E-state index contributed by atoms with van der Waals surface area (Å²) in [7, 11) is 3.40. The number of benzene rings is 1. The summed E-state index contributed by atoms with van der Waals surface area (Å²) >= 11 is 6.12. The first-order chi connectivity index (χ1) is 8.57. The Morgan fingerprint density at radius 1 is 1.50 bits per heavy atom. The lowest BCUT2D eigenvalue weighted by molar-refractivity contribution is -0.145. The average molecular weight is 269 g/mol. The zero-order chi connectivity index (χ0) is 13.2. The van der Waals surface area contributed by atoms with Crippen LogP contribution in [0, 0.1) is 0 Å². The third-order valence-corrected chi connectivity index (χ3v) is 3.61. The van der Waals surface area contributed by atoms with Crippen LogP contribution in [0.4, 0.5) is 5.69 Å². The molecule has 1 aliphatic heterocycles. The van der Waals surface area contributed by atoms with Gasteiger partial charge >= 0.3 is 5.97 Å². The molecule has 1 heterocycles. The number of ether oxygens (including phenoxy) is 1. The summed E-state index contributed by atoms with van der Waals surface area (Å²) in [6.45, 7) is 1.47. The standard InChI is InChI=1S/C13H17ClN2O2/c1-16-8-7-13(9-16,12(17)18-2)15-11-6-4-3-5-10(11)14/h3-6,15H,7-9H2,1-2H3. The van der Waals surface area contributed by atoms with E-state index in [0.717, 1.165) is 12.2 Å². The van der Waals surface area contributed by atoms with E-state index < -0.39 is 5.54 Å². The Kier molecular flexibility index (Phi) is 3.78. The van der Waals surface area contributed by atoms with Crippen molar-refractivity contribution < 1.29 is 9.53 Å². The monoisotopic (exact) mass is 268 g/mol. The SMILES string of the molecule is COC(=O)C1(Nc2ccccc2Cl)CCN(C)C1. The topological polar surface area (TPSA) is 41.6 Å². The van der Waals surface area contributed by atoms with Crippen molar-refractivity contribution >= 4 is 23.3 Å². The highest BCUT2D eigenvalue weighted by Crippen LogP contribution is 2.30. The maximum atomic E-state index is 12.0. The van der Waals surface area contributed by atoms with E-state index in [2.05, 4.69) is 10.2 Å². The van der Waals surface area contributed by atoms with Crippen LogP contribution in [0.3, 0.4) is 0 Å². The number of anilines is 1. The molecule has 0 aromatic heterocycles. The Bertz CT molecular complexity index is 452. The van der Waals surface area contributed by atoms with Gasteiger partial charge in [0.05, 0.1) is 17.8 Å². The molecule has 1 aliphatic rings. The van der Waals surface area contributed by atoms with Crippen LogP contribution in [0.2, 0.25) is 5.02 Å². The largest absolute Gasteiger partial charge is 0.467 e. The van der Waals surface area contributed by atoms with E-state index in [1.54, 1.807) is 6.07 Å². The number of hydrogen-bond acceptors (Lipinski definition) is 4. The van der Waals surface area contributed by atoms with E-state index >= 15 is 0 Å². The number of nitrogens with zero attached hydrogens (tertiary/aromatic N) is 1. The highest BCUT2D eigenvalue weighted by atomic mass is 35.5. The molecule has 0 bridgehead atoms. The molecule has 1 N–H and O–H groups in total. The van der Waals surface area contributed by atoms with Gasteiger partial charge in [0.25, 0.3) is 0 Å². The van der Waals surface area contributed by atoms with Crippen molar-refractivity contribution in [2.75, 3.05) is 32.6 Å². The van der Waals surface area contributed by atoms with Gasteiger partial charge in [0.15, 0.2) is 0 Å². The van der Waals surface area contributed by atoms with Crippen LogP contribution >= 0.6 is 11.6 Å². The van der Waals surface area contributed by atoms with Gasteiger partial charge in [0, 0.05) is 13.1 Å². The zero-order valence-electron chi connectivity index (χ0n) is 10.6. The van der Waals surface area contributed by atoms with E-state index in [1.807, 2.05) is 25.2 Å². The molecule has 1 fully saturated rings. The first kappa shape index (κ1) is 13.2. The lowest BCUT2D eigenvalue weighted by Crippen LogP contribution is -2.49. The van der Waals surface area contributed by atoms with Gasteiger partial charge < -0.3 is 15.0 Å². The molecule has 0 saturated carbocycles. The van der Waals surface area contributed by atoms with Gasteiger partial charge in [0.2, 0.25) is 0 Å². The molecular formula is C13H17ClN2O2. The molecule has 18 heavy (non-hydrogen) atoms. The van der Waals surface area contributed by atoms with Crippen molar-refractivity contribution in [3.8, 4) is 0 Å². The lowest BCUT2D eigenvalue weighted by atomic mass is 9.98. The van der Waals surface area contributed by atoms with Gasteiger partial charge in [-0.25, -0.2) is 4.79 Å². The maximum absolute atomic E-state index is 12.0. The van der Waals surface area contributed by atoms with Crippen molar-refractivity contribution in [2.24, 2.45) is 0 Å². The van der Waals surface area contributed by atoms with E-state index in [9.17, 15) is 4.79 Å².